The molecule has 0 aliphatic carbocycles. The van der Waals surface area contributed by atoms with Crippen LogP contribution in [-0.2, 0) is 16.1 Å². The molecule has 110 valence electrons. The summed E-state index contributed by atoms with van der Waals surface area (Å²) in [5, 5.41) is 0. The standard InChI is InChI=1S/C14H22N4O2/c1-10(14(15)19)18-7-3-4-11(8-18)12-5-6-16-13(17-12)9-20-2/h5-6,10-11H,3-4,7-9H2,1-2H3,(H2,15,19)/t10-,11+/m1/s1. The fourth-order valence-corrected chi connectivity index (χ4v) is 2.62. The van der Waals surface area contributed by atoms with Crippen molar-refractivity contribution in [3.8, 4) is 0 Å². The van der Waals surface area contributed by atoms with Crippen molar-refractivity contribution in [2.24, 2.45) is 5.73 Å². The van der Waals surface area contributed by atoms with E-state index in [1.54, 1.807) is 13.3 Å². The normalized spacial score (nSPS) is 21.6. The summed E-state index contributed by atoms with van der Waals surface area (Å²) < 4.78 is 5.06. The molecule has 1 aliphatic rings. The van der Waals surface area contributed by atoms with Gasteiger partial charge in [-0.2, -0.15) is 0 Å². The average molecular weight is 278 g/mol. The molecule has 2 atom stereocenters. The van der Waals surface area contributed by atoms with Crippen molar-refractivity contribution in [3.63, 3.8) is 0 Å². The summed E-state index contributed by atoms with van der Waals surface area (Å²) in [5.74, 6) is 0.752. The third-order valence-electron chi connectivity index (χ3n) is 3.83. The van der Waals surface area contributed by atoms with E-state index >= 15 is 0 Å². The van der Waals surface area contributed by atoms with Crippen molar-refractivity contribution >= 4 is 5.91 Å². The molecule has 1 aromatic rings. The second-order valence-corrected chi connectivity index (χ2v) is 5.24. The summed E-state index contributed by atoms with van der Waals surface area (Å²) in [6, 6.07) is 1.72. The first-order valence-corrected chi connectivity index (χ1v) is 6.96. The number of hydrogen-bond acceptors (Lipinski definition) is 5. The molecular weight excluding hydrogens is 256 g/mol. The zero-order valence-electron chi connectivity index (χ0n) is 12.1. The Hall–Kier alpha value is -1.53. The largest absolute Gasteiger partial charge is 0.377 e. The van der Waals surface area contributed by atoms with Crippen molar-refractivity contribution in [1.29, 1.82) is 0 Å². The van der Waals surface area contributed by atoms with Crippen LogP contribution >= 0.6 is 0 Å². The number of hydrogen-bond donors (Lipinski definition) is 1. The molecule has 1 fully saturated rings. The number of nitrogens with zero attached hydrogens (tertiary/aromatic N) is 3. The Morgan fingerprint density at radius 2 is 2.45 bits per heavy atom. The van der Waals surface area contributed by atoms with E-state index in [9.17, 15) is 4.79 Å². The van der Waals surface area contributed by atoms with Crippen LogP contribution in [0.3, 0.4) is 0 Å². The molecule has 6 nitrogen and oxygen atoms in total. The zero-order valence-corrected chi connectivity index (χ0v) is 12.1. The van der Waals surface area contributed by atoms with Crippen LogP contribution in [0.15, 0.2) is 12.3 Å². The number of amides is 1. The van der Waals surface area contributed by atoms with E-state index in [0.29, 0.717) is 18.3 Å². The summed E-state index contributed by atoms with van der Waals surface area (Å²) in [6.07, 6.45) is 3.89. The average Bonchev–Trinajstić information content (AvgIpc) is 2.47. The van der Waals surface area contributed by atoms with Crippen molar-refractivity contribution in [3.05, 3.63) is 23.8 Å². The van der Waals surface area contributed by atoms with Crippen LogP contribution in [0.2, 0.25) is 0 Å². The number of carbonyl (C=O) groups excluding carboxylic acids is 1. The van der Waals surface area contributed by atoms with Crippen LogP contribution in [0.5, 0.6) is 0 Å². The first kappa shape index (κ1) is 14.9. The molecule has 0 spiro atoms. The SMILES string of the molecule is COCc1nccc([C@H]2CCCN([C@H](C)C(N)=O)C2)n1. The third kappa shape index (κ3) is 3.52. The van der Waals surface area contributed by atoms with Gasteiger partial charge >= 0.3 is 0 Å². The summed E-state index contributed by atoms with van der Waals surface area (Å²) in [4.78, 5) is 22.2. The second kappa shape index (κ2) is 6.76. The van der Waals surface area contributed by atoms with E-state index in [-0.39, 0.29) is 11.9 Å². The van der Waals surface area contributed by atoms with Gasteiger partial charge in [-0.3, -0.25) is 9.69 Å². The summed E-state index contributed by atoms with van der Waals surface area (Å²) in [6.45, 7) is 4.01. The van der Waals surface area contributed by atoms with E-state index in [1.165, 1.54) is 0 Å². The molecule has 0 unspecified atom stereocenters. The van der Waals surface area contributed by atoms with Crippen molar-refractivity contribution in [1.82, 2.24) is 14.9 Å². The molecule has 1 aliphatic heterocycles. The highest BCUT2D eigenvalue weighted by Crippen LogP contribution is 2.26. The fourth-order valence-electron chi connectivity index (χ4n) is 2.62. The van der Waals surface area contributed by atoms with Gasteiger partial charge in [-0.15, -0.1) is 0 Å². The van der Waals surface area contributed by atoms with Gasteiger partial charge < -0.3 is 10.5 Å². The van der Waals surface area contributed by atoms with E-state index in [2.05, 4.69) is 14.9 Å². The molecule has 2 N–H and O–H groups in total. The highest BCUT2D eigenvalue weighted by molar-refractivity contribution is 5.79. The Bertz CT molecular complexity index is 466. The summed E-state index contributed by atoms with van der Waals surface area (Å²) in [7, 11) is 1.63. The number of primary amides is 1. The highest BCUT2D eigenvalue weighted by atomic mass is 16.5. The summed E-state index contributed by atoms with van der Waals surface area (Å²) in [5.41, 5.74) is 6.41. The monoisotopic (exact) mass is 278 g/mol. The maximum absolute atomic E-state index is 11.3. The number of ether oxygens (including phenoxy) is 1. The molecule has 0 radical (unpaired) electrons. The molecule has 0 saturated carbocycles. The Balaban J connectivity index is 2.08. The van der Waals surface area contributed by atoms with Crippen molar-refractivity contribution in [2.45, 2.75) is 38.3 Å². The molecule has 2 rings (SSSR count). The molecule has 1 amide bonds. The van der Waals surface area contributed by atoms with Gasteiger partial charge in [0.25, 0.3) is 0 Å². The van der Waals surface area contributed by atoms with Crippen LogP contribution in [0.25, 0.3) is 0 Å². The molecule has 0 bridgehead atoms. The van der Waals surface area contributed by atoms with Gasteiger partial charge in [0.1, 0.15) is 6.61 Å². The zero-order chi connectivity index (χ0) is 14.5. The molecule has 2 heterocycles. The first-order valence-electron chi connectivity index (χ1n) is 6.96. The smallest absolute Gasteiger partial charge is 0.234 e. The van der Waals surface area contributed by atoms with Crippen LogP contribution in [0, 0.1) is 0 Å². The lowest BCUT2D eigenvalue weighted by Crippen LogP contribution is -2.47. The van der Waals surface area contributed by atoms with Crippen LogP contribution in [0.4, 0.5) is 0 Å². The fraction of sp³-hybridized carbons (Fsp3) is 0.643. The predicted octanol–water partition coefficient (Wildman–Crippen LogP) is 0.676. The van der Waals surface area contributed by atoms with E-state index in [0.717, 1.165) is 31.6 Å². The van der Waals surface area contributed by atoms with Gasteiger partial charge in [-0.05, 0) is 32.4 Å². The number of aromatic nitrogens is 2. The predicted molar refractivity (Wildman–Crippen MR) is 74.9 cm³/mol. The third-order valence-corrected chi connectivity index (χ3v) is 3.83. The van der Waals surface area contributed by atoms with Crippen LogP contribution in [0.1, 0.15) is 37.2 Å². The molecule has 20 heavy (non-hydrogen) atoms. The van der Waals surface area contributed by atoms with Gasteiger partial charge in [-0.1, -0.05) is 0 Å². The minimum absolute atomic E-state index is 0.224. The van der Waals surface area contributed by atoms with Crippen molar-refractivity contribution in [2.75, 3.05) is 20.2 Å². The first-order chi connectivity index (χ1) is 9.61. The lowest BCUT2D eigenvalue weighted by atomic mass is 9.93. The molecule has 0 aromatic carbocycles. The second-order valence-electron chi connectivity index (χ2n) is 5.24. The molecule has 1 aromatic heterocycles. The Morgan fingerprint density at radius 1 is 1.65 bits per heavy atom. The lowest BCUT2D eigenvalue weighted by Gasteiger charge is -2.35. The number of carbonyl (C=O) groups is 1. The van der Waals surface area contributed by atoms with Gasteiger partial charge in [0, 0.05) is 31.5 Å². The maximum Gasteiger partial charge on any atom is 0.234 e. The van der Waals surface area contributed by atoms with Gasteiger partial charge in [-0.25, -0.2) is 9.97 Å². The minimum Gasteiger partial charge on any atom is -0.377 e. The summed E-state index contributed by atoms with van der Waals surface area (Å²) >= 11 is 0. The van der Waals surface area contributed by atoms with E-state index < -0.39 is 0 Å². The van der Waals surface area contributed by atoms with E-state index in [1.807, 2.05) is 13.0 Å². The van der Waals surface area contributed by atoms with Gasteiger partial charge in [0.05, 0.1) is 6.04 Å². The molecule has 1 saturated heterocycles. The van der Waals surface area contributed by atoms with Crippen LogP contribution in [-0.4, -0.2) is 47.0 Å². The number of likely N-dealkylation sites (tertiary alicyclic amines) is 1. The molecule has 6 heteroatoms. The van der Waals surface area contributed by atoms with E-state index in [4.69, 9.17) is 10.5 Å². The van der Waals surface area contributed by atoms with Crippen molar-refractivity contribution < 1.29 is 9.53 Å². The lowest BCUT2D eigenvalue weighted by molar-refractivity contribution is -0.123. The highest BCUT2D eigenvalue weighted by Gasteiger charge is 2.27. The number of nitrogens with two attached hydrogens (primary N) is 1. The Kier molecular flexibility index (Phi) is 5.03. The minimum atomic E-state index is -0.270. The number of methoxy groups -OCH3 is 1. The number of rotatable bonds is 5. The van der Waals surface area contributed by atoms with Gasteiger partial charge in [0.15, 0.2) is 5.82 Å². The van der Waals surface area contributed by atoms with Crippen LogP contribution < -0.4 is 5.73 Å². The van der Waals surface area contributed by atoms with Gasteiger partial charge in [0.2, 0.25) is 5.91 Å². The topological polar surface area (TPSA) is 81.3 Å². The Morgan fingerprint density at radius 3 is 3.15 bits per heavy atom. The number of piperidine rings is 1. The quantitative estimate of drug-likeness (QED) is 0.856. The Labute approximate surface area is 119 Å². The molecular formula is C14H22N4O2. The maximum atomic E-state index is 11.3.